The third kappa shape index (κ3) is 3.97. The molecule has 0 bridgehead atoms. The average molecular weight is 412 g/mol. The molecular formula is C27H25NO3. The van der Waals surface area contributed by atoms with Crippen LogP contribution < -0.4 is 10.3 Å². The van der Waals surface area contributed by atoms with Crippen LogP contribution in [0.15, 0.2) is 89.7 Å². The Morgan fingerprint density at radius 2 is 1.45 bits per heavy atom. The molecule has 4 rings (SSSR count). The summed E-state index contributed by atoms with van der Waals surface area (Å²) in [5.74, 6) is 0.803. The summed E-state index contributed by atoms with van der Waals surface area (Å²) < 4.78 is 7.00. The summed E-state index contributed by atoms with van der Waals surface area (Å²) >= 11 is 0. The predicted molar refractivity (Wildman–Crippen MR) is 124 cm³/mol. The summed E-state index contributed by atoms with van der Waals surface area (Å²) in [6, 6.07) is 26.9. The van der Waals surface area contributed by atoms with Gasteiger partial charge in [-0.05, 0) is 41.8 Å². The second-order valence-corrected chi connectivity index (χ2v) is 7.37. The highest BCUT2D eigenvalue weighted by molar-refractivity contribution is 5.70. The lowest BCUT2D eigenvalue weighted by atomic mass is 9.96. The van der Waals surface area contributed by atoms with Crippen molar-refractivity contribution in [1.82, 2.24) is 4.57 Å². The standard InChI is InChI=1S/C27H25NO3/c1-3-23-25(20-12-8-5-9-13-20)28(21-14-16-22(31-2)17-15-21)27(30)24(26(23)29)18-19-10-6-4-7-11-19/h4-17,29H,3,18H2,1-2H3. The maximum Gasteiger partial charge on any atom is 0.262 e. The fraction of sp³-hybridized carbons (Fsp3) is 0.148. The van der Waals surface area contributed by atoms with E-state index in [0.29, 0.717) is 24.1 Å². The van der Waals surface area contributed by atoms with Gasteiger partial charge in [-0.25, -0.2) is 0 Å². The van der Waals surface area contributed by atoms with Gasteiger partial charge in [0.05, 0.1) is 18.4 Å². The highest BCUT2D eigenvalue weighted by atomic mass is 16.5. The van der Waals surface area contributed by atoms with Crippen molar-refractivity contribution in [3.05, 3.63) is 112 Å². The number of hydrogen-bond donors (Lipinski definition) is 1. The molecule has 0 aliphatic carbocycles. The van der Waals surface area contributed by atoms with Crippen molar-refractivity contribution in [2.24, 2.45) is 0 Å². The minimum Gasteiger partial charge on any atom is -0.507 e. The topological polar surface area (TPSA) is 51.5 Å². The van der Waals surface area contributed by atoms with Crippen molar-refractivity contribution in [1.29, 1.82) is 0 Å². The molecule has 0 atom stereocenters. The van der Waals surface area contributed by atoms with Gasteiger partial charge in [-0.15, -0.1) is 0 Å². The Hall–Kier alpha value is -3.79. The molecule has 0 fully saturated rings. The van der Waals surface area contributed by atoms with Crippen molar-refractivity contribution in [2.75, 3.05) is 7.11 Å². The van der Waals surface area contributed by atoms with Gasteiger partial charge in [0.25, 0.3) is 5.56 Å². The van der Waals surface area contributed by atoms with Gasteiger partial charge in [-0.1, -0.05) is 67.6 Å². The largest absolute Gasteiger partial charge is 0.507 e. The molecule has 1 heterocycles. The molecular weight excluding hydrogens is 386 g/mol. The zero-order chi connectivity index (χ0) is 21.8. The Morgan fingerprint density at radius 1 is 0.839 bits per heavy atom. The van der Waals surface area contributed by atoms with E-state index in [2.05, 4.69) is 0 Å². The predicted octanol–water partition coefficient (Wildman–Crippen LogP) is 5.37. The average Bonchev–Trinajstić information content (AvgIpc) is 2.83. The lowest BCUT2D eigenvalue weighted by molar-refractivity contribution is 0.414. The third-order valence-corrected chi connectivity index (χ3v) is 5.50. The Balaban J connectivity index is 2.03. The van der Waals surface area contributed by atoms with E-state index in [0.717, 1.165) is 28.1 Å². The second kappa shape index (κ2) is 8.92. The molecule has 1 N–H and O–H groups in total. The molecule has 0 amide bonds. The first kappa shape index (κ1) is 20.5. The number of ether oxygens (including phenoxy) is 1. The lowest BCUT2D eigenvalue weighted by Gasteiger charge is -2.21. The van der Waals surface area contributed by atoms with Crippen molar-refractivity contribution in [2.45, 2.75) is 19.8 Å². The quantitative estimate of drug-likeness (QED) is 0.464. The molecule has 0 unspecified atom stereocenters. The Labute approximate surface area is 182 Å². The van der Waals surface area contributed by atoms with Crippen LogP contribution in [0.3, 0.4) is 0 Å². The summed E-state index contributed by atoms with van der Waals surface area (Å²) in [7, 11) is 1.62. The SMILES string of the molecule is CCc1c(O)c(Cc2ccccc2)c(=O)n(-c2ccc(OC)cc2)c1-c1ccccc1. The van der Waals surface area contributed by atoms with Crippen LogP contribution in [0.2, 0.25) is 0 Å². The number of aromatic nitrogens is 1. The number of pyridine rings is 1. The number of rotatable bonds is 6. The summed E-state index contributed by atoms with van der Waals surface area (Å²) in [5, 5.41) is 11.2. The Morgan fingerprint density at radius 3 is 2.03 bits per heavy atom. The monoisotopic (exact) mass is 411 g/mol. The maximum absolute atomic E-state index is 13.8. The van der Waals surface area contributed by atoms with Crippen molar-refractivity contribution in [3.8, 4) is 28.4 Å². The van der Waals surface area contributed by atoms with E-state index in [1.807, 2.05) is 91.9 Å². The number of benzene rings is 3. The number of hydrogen-bond acceptors (Lipinski definition) is 3. The van der Waals surface area contributed by atoms with Gasteiger partial charge >= 0.3 is 0 Å². The first-order chi connectivity index (χ1) is 15.1. The van der Waals surface area contributed by atoms with Gasteiger partial charge in [0, 0.05) is 17.7 Å². The second-order valence-electron chi connectivity index (χ2n) is 7.37. The smallest absolute Gasteiger partial charge is 0.262 e. The number of aromatic hydroxyl groups is 1. The molecule has 0 saturated heterocycles. The van der Waals surface area contributed by atoms with Crippen LogP contribution >= 0.6 is 0 Å². The van der Waals surface area contributed by atoms with Crippen LogP contribution in [0.5, 0.6) is 11.5 Å². The van der Waals surface area contributed by atoms with Crippen LogP contribution in [0.4, 0.5) is 0 Å². The van der Waals surface area contributed by atoms with Gasteiger partial charge in [0.2, 0.25) is 0 Å². The van der Waals surface area contributed by atoms with Crippen molar-refractivity contribution >= 4 is 0 Å². The van der Waals surface area contributed by atoms with Gasteiger partial charge in [0.1, 0.15) is 11.5 Å². The first-order valence-corrected chi connectivity index (χ1v) is 10.4. The first-order valence-electron chi connectivity index (χ1n) is 10.4. The van der Waals surface area contributed by atoms with Gasteiger partial charge in [-0.3, -0.25) is 9.36 Å². The zero-order valence-corrected chi connectivity index (χ0v) is 17.7. The maximum atomic E-state index is 13.8. The fourth-order valence-electron chi connectivity index (χ4n) is 3.94. The van der Waals surface area contributed by atoms with Gasteiger partial charge in [0.15, 0.2) is 0 Å². The van der Waals surface area contributed by atoms with Crippen LogP contribution in [0.25, 0.3) is 16.9 Å². The van der Waals surface area contributed by atoms with Crippen LogP contribution in [-0.4, -0.2) is 16.8 Å². The highest BCUT2D eigenvalue weighted by Crippen LogP contribution is 2.34. The van der Waals surface area contributed by atoms with Crippen LogP contribution in [-0.2, 0) is 12.8 Å². The lowest BCUT2D eigenvalue weighted by Crippen LogP contribution is -2.26. The minimum absolute atomic E-state index is 0.0833. The molecule has 0 aliphatic heterocycles. The van der Waals surface area contributed by atoms with E-state index < -0.39 is 0 Å². The van der Waals surface area contributed by atoms with Gasteiger partial charge in [-0.2, -0.15) is 0 Å². The van der Waals surface area contributed by atoms with E-state index >= 15 is 0 Å². The summed E-state index contributed by atoms with van der Waals surface area (Å²) in [4.78, 5) is 13.8. The molecule has 0 radical (unpaired) electrons. The summed E-state index contributed by atoms with van der Waals surface area (Å²) in [6.45, 7) is 2.00. The molecule has 0 saturated carbocycles. The van der Waals surface area contributed by atoms with Crippen molar-refractivity contribution in [3.63, 3.8) is 0 Å². The molecule has 156 valence electrons. The molecule has 3 aromatic carbocycles. The molecule has 1 aromatic heterocycles. The summed E-state index contributed by atoms with van der Waals surface area (Å²) in [5.41, 5.74) is 4.24. The van der Waals surface area contributed by atoms with Gasteiger partial charge < -0.3 is 9.84 Å². The van der Waals surface area contributed by atoms with E-state index in [-0.39, 0.29) is 11.3 Å². The highest BCUT2D eigenvalue weighted by Gasteiger charge is 2.22. The third-order valence-electron chi connectivity index (χ3n) is 5.50. The van der Waals surface area contributed by atoms with Crippen molar-refractivity contribution < 1.29 is 9.84 Å². The number of methoxy groups -OCH3 is 1. The Kier molecular flexibility index (Phi) is 5.89. The molecule has 4 nitrogen and oxygen atoms in total. The normalized spacial score (nSPS) is 10.8. The number of nitrogens with zero attached hydrogens (tertiary/aromatic N) is 1. The van der Waals surface area contributed by atoms with Crippen LogP contribution in [0.1, 0.15) is 23.6 Å². The van der Waals surface area contributed by atoms with E-state index in [4.69, 9.17) is 4.74 Å². The molecule has 0 aliphatic rings. The van der Waals surface area contributed by atoms with E-state index in [1.54, 1.807) is 11.7 Å². The molecule has 4 aromatic rings. The molecule has 31 heavy (non-hydrogen) atoms. The Bertz CT molecular complexity index is 1230. The van der Waals surface area contributed by atoms with E-state index in [9.17, 15) is 9.90 Å². The summed E-state index contributed by atoms with van der Waals surface area (Å²) in [6.07, 6.45) is 0.956. The fourth-order valence-corrected chi connectivity index (χ4v) is 3.94. The minimum atomic E-state index is -0.220. The van der Waals surface area contributed by atoms with E-state index in [1.165, 1.54) is 0 Å². The van der Waals surface area contributed by atoms with Crippen LogP contribution in [0, 0.1) is 0 Å². The molecule has 4 heteroatoms. The molecule has 0 spiro atoms. The zero-order valence-electron chi connectivity index (χ0n) is 17.7.